The minimum atomic E-state index is -3.05. The molecule has 4 rings (SSSR count). The highest BCUT2D eigenvalue weighted by Crippen LogP contribution is 2.27. The molecular formula is C23H25N3O4S. The van der Waals surface area contributed by atoms with Crippen molar-refractivity contribution in [3.8, 4) is 5.75 Å². The van der Waals surface area contributed by atoms with Crippen LogP contribution in [0, 0.1) is 6.92 Å². The molecule has 2 aromatic carbocycles. The molecule has 162 valence electrons. The molecule has 1 N–H and O–H groups in total. The van der Waals surface area contributed by atoms with Crippen molar-refractivity contribution in [1.82, 2.24) is 9.78 Å². The summed E-state index contributed by atoms with van der Waals surface area (Å²) in [5, 5.41) is 7.20. The second kappa shape index (κ2) is 8.93. The van der Waals surface area contributed by atoms with Crippen LogP contribution in [-0.4, -0.2) is 42.2 Å². The standard InChI is InChI=1S/C23H25N3O4S/c1-17-13-22(26(25-17)20-11-12-31(28,29)16-20)24-23(27)15-30-21-10-6-5-9-19(21)14-18-7-3-2-4-8-18/h2-10,13,20H,11-12,14-16H2,1H3,(H,24,27)/t20-/m1/s1. The highest BCUT2D eigenvalue weighted by molar-refractivity contribution is 7.91. The van der Waals surface area contributed by atoms with Crippen LogP contribution in [0.25, 0.3) is 0 Å². The Morgan fingerprint density at radius 3 is 2.65 bits per heavy atom. The van der Waals surface area contributed by atoms with Gasteiger partial charge in [0.2, 0.25) is 0 Å². The summed E-state index contributed by atoms with van der Waals surface area (Å²) >= 11 is 0. The summed E-state index contributed by atoms with van der Waals surface area (Å²) in [6, 6.07) is 19.2. The Balaban J connectivity index is 1.41. The van der Waals surface area contributed by atoms with Gasteiger partial charge < -0.3 is 10.1 Å². The van der Waals surface area contributed by atoms with E-state index in [1.807, 2.05) is 49.4 Å². The quantitative estimate of drug-likeness (QED) is 0.611. The smallest absolute Gasteiger partial charge is 0.263 e. The lowest BCUT2D eigenvalue weighted by molar-refractivity contribution is -0.118. The first-order valence-electron chi connectivity index (χ1n) is 10.2. The number of aryl methyl sites for hydroxylation is 1. The average molecular weight is 440 g/mol. The number of anilines is 1. The van der Waals surface area contributed by atoms with Crippen molar-refractivity contribution in [2.45, 2.75) is 25.8 Å². The van der Waals surface area contributed by atoms with E-state index in [9.17, 15) is 13.2 Å². The van der Waals surface area contributed by atoms with E-state index >= 15 is 0 Å². The molecule has 1 amide bonds. The van der Waals surface area contributed by atoms with E-state index in [0.29, 0.717) is 30.1 Å². The van der Waals surface area contributed by atoms with Crippen molar-refractivity contribution in [3.63, 3.8) is 0 Å². The van der Waals surface area contributed by atoms with Crippen LogP contribution in [0.1, 0.15) is 29.3 Å². The Bertz CT molecular complexity index is 1170. The van der Waals surface area contributed by atoms with E-state index < -0.39 is 9.84 Å². The van der Waals surface area contributed by atoms with Gasteiger partial charge in [-0.1, -0.05) is 48.5 Å². The Morgan fingerprint density at radius 1 is 1.16 bits per heavy atom. The predicted octanol–water partition coefficient (Wildman–Crippen LogP) is 3.16. The van der Waals surface area contributed by atoms with Gasteiger partial charge in [-0.25, -0.2) is 13.1 Å². The largest absolute Gasteiger partial charge is 0.483 e. The fourth-order valence-electron chi connectivity index (χ4n) is 3.79. The van der Waals surface area contributed by atoms with Gasteiger partial charge in [-0.2, -0.15) is 5.10 Å². The van der Waals surface area contributed by atoms with Crippen LogP contribution in [0.4, 0.5) is 5.82 Å². The number of carbonyl (C=O) groups is 1. The molecule has 0 aliphatic carbocycles. The van der Waals surface area contributed by atoms with Gasteiger partial charge in [-0.15, -0.1) is 0 Å². The number of hydrogen-bond acceptors (Lipinski definition) is 5. The van der Waals surface area contributed by atoms with E-state index in [-0.39, 0.29) is 30.1 Å². The van der Waals surface area contributed by atoms with Gasteiger partial charge in [-0.05, 0) is 30.5 Å². The van der Waals surface area contributed by atoms with Gasteiger partial charge in [0.05, 0.1) is 23.2 Å². The second-order valence-corrected chi connectivity index (χ2v) is 10.0. The van der Waals surface area contributed by atoms with Crippen LogP contribution in [0.3, 0.4) is 0 Å². The number of rotatable bonds is 7. The van der Waals surface area contributed by atoms with E-state index in [0.717, 1.165) is 11.1 Å². The molecule has 7 nitrogen and oxygen atoms in total. The summed E-state index contributed by atoms with van der Waals surface area (Å²) in [6.45, 7) is 1.66. The number of para-hydroxylation sites is 1. The third-order valence-corrected chi connectivity index (χ3v) is 7.00. The number of benzene rings is 2. The van der Waals surface area contributed by atoms with Crippen LogP contribution >= 0.6 is 0 Å². The van der Waals surface area contributed by atoms with Gasteiger partial charge in [-0.3, -0.25) is 4.79 Å². The van der Waals surface area contributed by atoms with E-state index in [2.05, 4.69) is 22.5 Å². The molecule has 1 atom stereocenters. The van der Waals surface area contributed by atoms with Gasteiger partial charge in [0, 0.05) is 12.5 Å². The molecule has 0 radical (unpaired) electrons. The summed E-state index contributed by atoms with van der Waals surface area (Å²) in [5.41, 5.74) is 2.88. The lowest BCUT2D eigenvalue weighted by Crippen LogP contribution is -2.24. The zero-order valence-corrected chi connectivity index (χ0v) is 18.1. The molecule has 0 spiro atoms. The molecule has 1 saturated heterocycles. The van der Waals surface area contributed by atoms with Crippen molar-refractivity contribution in [1.29, 1.82) is 0 Å². The van der Waals surface area contributed by atoms with Crippen molar-refractivity contribution in [2.24, 2.45) is 0 Å². The molecule has 0 bridgehead atoms. The van der Waals surface area contributed by atoms with Gasteiger partial charge >= 0.3 is 0 Å². The maximum atomic E-state index is 12.6. The summed E-state index contributed by atoms with van der Waals surface area (Å²) in [6.07, 6.45) is 1.20. The van der Waals surface area contributed by atoms with Crippen LogP contribution in [0.15, 0.2) is 60.7 Å². The van der Waals surface area contributed by atoms with Gasteiger partial charge in [0.15, 0.2) is 16.4 Å². The number of carbonyl (C=O) groups excluding carboxylic acids is 1. The highest BCUT2D eigenvalue weighted by Gasteiger charge is 2.31. The lowest BCUT2D eigenvalue weighted by atomic mass is 10.0. The van der Waals surface area contributed by atoms with Gasteiger partial charge in [0.25, 0.3) is 5.91 Å². The second-order valence-electron chi connectivity index (χ2n) is 7.78. The first-order chi connectivity index (χ1) is 14.9. The Hall–Kier alpha value is -3.13. The summed E-state index contributed by atoms with van der Waals surface area (Å²) < 4.78 is 31.1. The number of nitrogens with zero attached hydrogens (tertiary/aromatic N) is 2. The maximum Gasteiger partial charge on any atom is 0.263 e. The monoisotopic (exact) mass is 439 g/mol. The predicted molar refractivity (Wildman–Crippen MR) is 119 cm³/mol. The Labute approximate surface area is 182 Å². The molecule has 31 heavy (non-hydrogen) atoms. The first-order valence-corrected chi connectivity index (χ1v) is 12.0. The topological polar surface area (TPSA) is 90.3 Å². The molecule has 0 unspecified atom stereocenters. The lowest BCUT2D eigenvalue weighted by Gasteiger charge is -2.15. The fraction of sp³-hybridized carbons (Fsp3) is 0.304. The SMILES string of the molecule is Cc1cc(NC(=O)COc2ccccc2Cc2ccccc2)n([C@@H]2CCS(=O)(=O)C2)n1. The zero-order chi connectivity index (χ0) is 21.8. The minimum Gasteiger partial charge on any atom is -0.483 e. The number of aromatic nitrogens is 2. The van der Waals surface area contributed by atoms with Crippen molar-refractivity contribution in [3.05, 3.63) is 77.5 Å². The number of sulfone groups is 1. The Morgan fingerprint density at radius 2 is 1.90 bits per heavy atom. The first kappa shape index (κ1) is 21.1. The summed E-state index contributed by atoms with van der Waals surface area (Å²) in [5.74, 6) is 1.02. The number of nitrogens with one attached hydrogen (secondary N) is 1. The van der Waals surface area contributed by atoms with Crippen molar-refractivity contribution in [2.75, 3.05) is 23.4 Å². The summed E-state index contributed by atoms with van der Waals surface area (Å²) in [4.78, 5) is 12.6. The number of amides is 1. The Kier molecular flexibility index (Phi) is 6.08. The molecule has 3 aromatic rings. The van der Waals surface area contributed by atoms with E-state index in [1.165, 1.54) is 0 Å². The fourth-order valence-corrected chi connectivity index (χ4v) is 5.48. The molecule has 1 aliphatic rings. The van der Waals surface area contributed by atoms with Gasteiger partial charge in [0.1, 0.15) is 11.6 Å². The van der Waals surface area contributed by atoms with Crippen LogP contribution < -0.4 is 10.1 Å². The number of ether oxygens (including phenoxy) is 1. The van der Waals surface area contributed by atoms with Crippen LogP contribution in [-0.2, 0) is 21.1 Å². The third-order valence-electron chi connectivity index (χ3n) is 5.25. The van der Waals surface area contributed by atoms with E-state index in [4.69, 9.17) is 4.74 Å². The minimum absolute atomic E-state index is 0.0420. The highest BCUT2D eigenvalue weighted by atomic mass is 32.2. The van der Waals surface area contributed by atoms with Crippen LogP contribution in [0.2, 0.25) is 0 Å². The molecule has 0 saturated carbocycles. The molecule has 2 heterocycles. The van der Waals surface area contributed by atoms with Crippen molar-refractivity contribution >= 4 is 21.6 Å². The molecule has 8 heteroatoms. The number of hydrogen-bond donors (Lipinski definition) is 1. The molecular weight excluding hydrogens is 414 g/mol. The molecule has 1 fully saturated rings. The zero-order valence-electron chi connectivity index (χ0n) is 17.3. The molecule has 1 aliphatic heterocycles. The summed E-state index contributed by atoms with van der Waals surface area (Å²) in [7, 11) is -3.05. The van der Waals surface area contributed by atoms with Crippen LogP contribution in [0.5, 0.6) is 5.75 Å². The van der Waals surface area contributed by atoms with E-state index in [1.54, 1.807) is 10.7 Å². The average Bonchev–Trinajstić information content (AvgIpc) is 3.29. The maximum absolute atomic E-state index is 12.6. The third kappa shape index (κ3) is 5.32. The van der Waals surface area contributed by atoms with Crippen molar-refractivity contribution < 1.29 is 17.9 Å². The molecule has 1 aromatic heterocycles. The normalized spacial score (nSPS) is 17.4.